The second-order valence-corrected chi connectivity index (χ2v) is 3.52. The molecule has 0 aliphatic rings. The van der Waals surface area contributed by atoms with Crippen molar-refractivity contribution in [3.8, 4) is 0 Å². The van der Waals surface area contributed by atoms with Crippen LogP contribution < -0.4 is 0 Å². The number of hydrogen-bond acceptors (Lipinski definition) is 2. The molecule has 0 aliphatic carbocycles. The van der Waals surface area contributed by atoms with Crippen LogP contribution in [0.3, 0.4) is 0 Å². The largest absolute Gasteiger partial charge is 0.476 e. The number of nitrogens with zero attached hydrogens (tertiary/aromatic N) is 1. The zero-order chi connectivity index (χ0) is 10.9. The third kappa shape index (κ3) is 2.01. The molecule has 0 atom stereocenters. The lowest BCUT2D eigenvalue weighted by molar-refractivity contribution is 0.0690. The molecule has 0 aromatic carbocycles. The molecule has 1 N–H and O–H groups in total. The summed E-state index contributed by atoms with van der Waals surface area (Å²) < 4.78 is 24.8. The molecule has 1 rings (SSSR count). The molecule has 3 nitrogen and oxygen atoms in total. The fraction of sp³-hybridized carbons (Fsp3) is 0.143. The Morgan fingerprint density at radius 1 is 1.64 bits per heavy atom. The summed E-state index contributed by atoms with van der Waals surface area (Å²) in [6.45, 7) is 0. The minimum absolute atomic E-state index is 0.0116. The van der Waals surface area contributed by atoms with Crippen molar-refractivity contribution in [1.82, 2.24) is 4.98 Å². The number of carbonyl (C=O) groups is 1. The molecule has 0 saturated heterocycles. The Morgan fingerprint density at radius 3 is 2.64 bits per heavy atom. The van der Waals surface area contributed by atoms with E-state index in [1.807, 2.05) is 0 Å². The van der Waals surface area contributed by atoms with Crippen LogP contribution in [-0.2, 0) is 0 Å². The van der Waals surface area contributed by atoms with Gasteiger partial charge in [0.05, 0.1) is 10.6 Å². The van der Waals surface area contributed by atoms with Gasteiger partial charge in [-0.25, -0.2) is 18.6 Å². The van der Waals surface area contributed by atoms with Gasteiger partial charge in [-0.1, -0.05) is 11.6 Å². The standard InChI is InChI=1S/C7H3BrClF2NO2/c8-2-1-12-5(7(13)14)4(9)3(2)6(10)11/h1,6H,(H,13,14). The van der Waals surface area contributed by atoms with Gasteiger partial charge in [0, 0.05) is 10.7 Å². The molecule has 0 saturated carbocycles. The van der Waals surface area contributed by atoms with E-state index in [-0.39, 0.29) is 4.47 Å². The Balaban J connectivity index is 3.41. The van der Waals surface area contributed by atoms with Crippen LogP contribution >= 0.6 is 27.5 Å². The molecule has 1 aromatic rings. The third-order valence-electron chi connectivity index (χ3n) is 1.43. The van der Waals surface area contributed by atoms with Crippen molar-refractivity contribution in [1.29, 1.82) is 0 Å². The van der Waals surface area contributed by atoms with Crippen molar-refractivity contribution >= 4 is 33.5 Å². The quantitative estimate of drug-likeness (QED) is 0.908. The monoisotopic (exact) mass is 285 g/mol. The molecule has 0 unspecified atom stereocenters. The summed E-state index contributed by atoms with van der Waals surface area (Å²) in [7, 11) is 0. The van der Waals surface area contributed by atoms with Crippen molar-refractivity contribution in [3.63, 3.8) is 0 Å². The summed E-state index contributed by atoms with van der Waals surface area (Å²) in [5.41, 5.74) is -1.13. The van der Waals surface area contributed by atoms with Crippen LogP contribution in [0.1, 0.15) is 22.5 Å². The molecule has 7 heteroatoms. The molecule has 1 aromatic heterocycles. The highest BCUT2D eigenvalue weighted by Gasteiger charge is 2.22. The van der Waals surface area contributed by atoms with Gasteiger partial charge in [0.1, 0.15) is 0 Å². The highest BCUT2D eigenvalue weighted by Crippen LogP contribution is 2.34. The number of aromatic carboxylic acids is 1. The van der Waals surface area contributed by atoms with Gasteiger partial charge in [-0.3, -0.25) is 0 Å². The molecule has 76 valence electrons. The fourth-order valence-electron chi connectivity index (χ4n) is 0.829. The lowest BCUT2D eigenvalue weighted by atomic mass is 10.2. The molecule has 0 spiro atoms. The minimum Gasteiger partial charge on any atom is -0.476 e. The molecule has 0 radical (unpaired) electrons. The first kappa shape index (κ1) is 11.3. The van der Waals surface area contributed by atoms with Crippen molar-refractivity contribution in [2.24, 2.45) is 0 Å². The van der Waals surface area contributed by atoms with Crippen molar-refractivity contribution in [3.05, 3.63) is 26.9 Å². The Bertz CT molecular complexity index is 386. The number of rotatable bonds is 2. The Kier molecular flexibility index (Phi) is 3.38. The molecule has 0 fully saturated rings. The van der Waals surface area contributed by atoms with E-state index in [2.05, 4.69) is 20.9 Å². The van der Waals surface area contributed by atoms with E-state index >= 15 is 0 Å². The van der Waals surface area contributed by atoms with E-state index in [1.165, 1.54) is 0 Å². The van der Waals surface area contributed by atoms with Crippen LogP contribution in [-0.4, -0.2) is 16.1 Å². The molecule has 0 aliphatic heterocycles. The second-order valence-electron chi connectivity index (χ2n) is 2.29. The Morgan fingerprint density at radius 2 is 2.21 bits per heavy atom. The number of aromatic nitrogens is 1. The normalized spacial score (nSPS) is 10.6. The third-order valence-corrected chi connectivity index (χ3v) is 2.44. The highest BCUT2D eigenvalue weighted by molar-refractivity contribution is 9.10. The van der Waals surface area contributed by atoms with Crippen molar-refractivity contribution < 1.29 is 18.7 Å². The van der Waals surface area contributed by atoms with E-state index in [1.54, 1.807) is 0 Å². The van der Waals surface area contributed by atoms with E-state index in [0.717, 1.165) is 6.20 Å². The first-order chi connectivity index (χ1) is 6.45. The van der Waals surface area contributed by atoms with Gasteiger partial charge in [0.2, 0.25) is 0 Å². The lowest BCUT2D eigenvalue weighted by Crippen LogP contribution is -2.04. The highest BCUT2D eigenvalue weighted by atomic mass is 79.9. The van der Waals surface area contributed by atoms with Crippen molar-refractivity contribution in [2.45, 2.75) is 6.43 Å². The van der Waals surface area contributed by atoms with Gasteiger partial charge in [-0.05, 0) is 15.9 Å². The number of pyridine rings is 1. The maximum atomic E-state index is 12.4. The predicted molar refractivity (Wildman–Crippen MR) is 48.9 cm³/mol. The minimum atomic E-state index is -2.85. The average Bonchev–Trinajstić information content (AvgIpc) is 2.02. The van der Waals surface area contributed by atoms with E-state index in [9.17, 15) is 13.6 Å². The maximum absolute atomic E-state index is 12.4. The Hall–Kier alpha value is -0.750. The molecule has 14 heavy (non-hydrogen) atoms. The average molecular weight is 286 g/mol. The van der Waals surface area contributed by atoms with E-state index in [0.29, 0.717) is 0 Å². The van der Waals surface area contributed by atoms with Gasteiger partial charge in [-0.2, -0.15) is 0 Å². The zero-order valence-electron chi connectivity index (χ0n) is 6.47. The molecular weight excluding hydrogens is 283 g/mol. The number of alkyl halides is 2. The lowest BCUT2D eigenvalue weighted by Gasteiger charge is -2.07. The van der Waals surface area contributed by atoms with Crippen LogP contribution in [0, 0.1) is 0 Å². The summed E-state index contributed by atoms with van der Waals surface area (Å²) in [4.78, 5) is 13.9. The SMILES string of the molecule is O=C(O)c1ncc(Br)c(C(F)F)c1Cl. The number of hydrogen-bond donors (Lipinski definition) is 1. The van der Waals surface area contributed by atoms with E-state index < -0.39 is 28.7 Å². The van der Waals surface area contributed by atoms with Crippen LogP contribution in [0.2, 0.25) is 5.02 Å². The first-order valence-corrected chi connectivity index (χ1v) is 4.47. The van der Waals surface area contributed by atoms with Crippen LogP contribution in [0.25, 0.3) is 0 Å². The maximum Gasteiger partial charge on any atom is 0.356 e. The van der Waals surface area contributed by atoms with Gasteiger partial charge in [0.25, 0.3) is 6.43 Å². The summed E-state index contributed by atoms with van der Waals surface area (Å²) in [6.07, 6.45) is -1.87. The van der Waals surface area contributed by atoms with Crippen LogP contribution in [0.5, 0.6) is 0 Å². The van der Waals surface area contributed by atoms with Gasteiger partial charge in [-0.15, -0.1) is 0 Å². The summed E-state index contributed by atoms with van der Waals surface area (Å²) in [5.74, 6) is -1.44. The zero-order valence-corrected chi connectivity index (χ0v) is 8.81. The molecule has 0 bridgehead atoms. The smallest absolute Gasteiger partial charge is 0.356 e. The summed E-state index contributed by atoms with van der Waals surface area (Å²) in [5, 5.41) is 8.02. The summed E-state index contributed by atoms with van der Waals surface area (Å²) in [6, 6.07) is 0. The molecule has 0 amide bonds. The predicted octanol–water partition coefficient (Wildman–Crippen LogP) is 3.13. The summed E-state index contributed by atoms with van der Waals surface area (Å²) >= 11 is 8.26. The van der Waals surface area contributed by atoms with Crippen LogP contribution in [0.15, 0.2) is 10.7 Å². The number of halogens is 4. The van der Waals surface area contributed by atoms with Gasteiger partial charge >= 0.3 is 5.97 Å². The first-order valence-electron chi connectivity index (χ1n) is 3.30. The van der Waals surface area contributed by atoms with E-state index in [4.69, 9.17) is 16.7 Å². The fourth-order valence-corrected chi connectivity index (χ4v) is 1.73. The second kappa shape index (κ2) is 4.18. The number of carboxylic acid groups (broad SMARTS) is 1. The Labute approximate surface area is 90.8 Å². The van der Waals surface area contributed by atoms with Gasteiger partial charge in [0.15, 0.2) is 5.69 Å². The number of carboxylic acids is 1. The molecule has 1 heterocycles. The topological polar surface area (TPSA) is 50.2 Å². The van der Waals surface area contributed by atoms with Crippen molar-refractivity contribution in [2.75, 3.05) is 0 Å². The molecular formula is C7H3BrClF2NO2. The van der Waals surface area contributed by atoms with Gasteiger partial charge < -0.3 is 5.11 Å². The van der Waals surface area contributed by atoms with Crippen LogP contribution in [0.4, 0.5) is 8.78 Å².